The molecule has 0 spiro atoms. The van der Waals surface area contributed by atoms with Crippen molar-refractivity contribution in [2.45, 2.75) is 56.7 Å². The Morgan fingerprint density at radius 2 is 1.77 bits per heavy atom. The van der Waals surface area contributed by atoms with Gasteiger partial charge >= 0.3 is 0 Å². The fraction of sp³-hybridized carbons (Fsp3) is 0.290. The number of hydrogen-bond acceptors (Lipinski definition) is 5. The van der Waals surface area contributed by atoms with Gasteiger partial charge in [0.15, 0.2) is 11.0 Å². The van der Waals surface area contributed by atoms with Crippen molar-refractivity contribution in [2.24, 2.45) is 5.73 Å². The summed E-state index contributed by atoms with van der Waals surface area (Å²) in [4.78, 5) is 31.8. The molecular weight excluding hydrogens is 524 g/mol. The van der Waals surface area contributed by atoms with Crippen molar-refractivity contribution in [3.8, 4) is 0 Å². The Kier molecular flexibility index (Phi) is 7.02. The van der Waals surface area contributed by atoms with Crippen LogP contribution < -0.4 is 21.9 Å². The molecular formula is C31H31ClN6O2. The third-order valence-corrected chi connectivity index (χ3v) is 8.36. The van der Waals surface area contributed by atoms with Crippen LogP contribution in [0.4, 0.5) is 5.82 Å². The highest BCUT2D eigenvalue weighted by Gasteiger charge is 2.39. The lowest BCUT2D eigenvalue weighted by Crippen LogP contribution is -2.38. The van der Waals surface area contributed by atoms with Gasteiger partial charge < -0.3 is 16.4 Å². The number of nitrogen functional groups attached to an aromatic ring is 1. The lowest BCUT2D eigenvalue weighted by Gasteiger charge is -2.27. The number of amides is 1. The predicted molar refractivity (Wildman–Crippen MR) is 158 cm³/mol. The number of halogens is 1. The first-order valence-corrected chi connectivity index (χ1v) is 14.0. The van der Waals surface area contributed by atoms with Gasteiger partial charge in [-0.2, -0.15) is 0 Å². The summed E-state index contributed by atoms with van der Waals surface area (Å²) in [5, 5.41) is 16.4. The van der Waals surface area contributed by atoms with E-state index in [0.29, 0.717) is 30.6 Å². The molecule has 4 aromatic rings. The van der Waals surface area contributed by atoms with E-state index in [9.17, 15) is 9.59 Å². The number of rotatable bonds is 8. The molecule has 2 heterocycles. The van der Waals surface area contributed by atoms with Crippen LogP contribution in [0.3, 0.4) is 0 Å². The maximum absolute atomic E-state index is 13.7. The van der Waals surface area contributed by atoms with E-state index in [1.807, 2.05) is 24.3 Å². The molecule has 8 nitrogen and oxygen atoms in total. The molecule has 2 aliphatic rings. The molecule has 0 saturated heterocycles. The van der Waals surface area contributed by atoms with Crippen molar-refractivity contribution in [2.75, 3.05) is 5.32 Å². The largest absolute Gasteiger partial charge is 0.384 e. The Morgan fingerprint density at radius 1 is 1.05 bits per heavy atom. The monoisotopic (exact) mass is 554 g/mol. The zero-order valence-corrected chi connectivity index (χ0v) is 22.7. The summed E-state index contributed by atoms with van der Waals surface area (Å²) in [7, 11) is 0. The van der Waals surface area contributed by atoms with Gasteiger partial charge in [-0.3, -0.25) is 19.6 Å². The van der Waals surface area contributed by atoms with Gasteiger partial charge in [0.25, 0.3) is 5.56 Å². The lowest BCUT2D eigenvalue weighted by atomic mass is 9.92. The van der Waals surface area contributed by atoms with Crippen molar-refractivity contribution in [3.05, 3.63) is 105 Å². The van der Waals surface area contributed by atoms with Crippen LogP contribution in [0.25, 0.3) is 10.8 Å². The van der Waals surface area contributed by atoms with E-state index >= 15 is 0 Å². The van der Waals surface area contributed by atoms with Gasteiger partial charge in [0, 0.05) is 24.1 Å². The Morgan fingerprint density at radius 3 is 2.48 bits per heavy atom. The molecule has 1 aromatic heterocycles. The average Bonchev–Trinajstić information content (AvgIpc) is 3.32. The van der Waals surface area contributed by atoms with Crippen LogP contribution in [0.1, 0.15) is 60.0 Å². The third kappa shape index (κ3) is 5.07. The Hall–Kier alpha value is -4.17. The number of nitrogens with two attached hydrogens (primary N) is 1. The number of carbonyl (C=O) groups is 1. The van der Waals surface area contributed by atoms with Crippen molar-refractivity contribution in [1.29, 1.82) is 5.41 Å². The summed E-state index contributed by atoms with van der Waals surface area (Å²) in [5.74, 6) is -0.178. The van der Waals surface area contributed by atoms with Gasteiger partial charge in [-0.1, -0.05) is 78.3 Å². The number of fused-ring (bicyclic) bond motifs is 2. The van der Waals surface area contributed by atoms with Gasteiger partial charge in [-0.05, 0) is 54.0 Å². The highest BCUT2D eigenvalue weighted by Crippen LogP contribution is 2.41. The second-order valence-electron chi connectivity index (χ2n) is 10.7. The van der Waals surface area contributed by atoms with Crippen LogP contribution in [0.2, 0.25) is 5.15 Å². The van der Waals surface area contributed by atoms with Gasteiger partial charge in [0.1, 0.15) is 11.9 Å². The minimum absolute atomic E-state index is 0.00761. The van der Waals surface area contributed by atoms with E-state index in [1.165, 1.54) is 0 Å². The average molecular weight is 555 g/mol. The number of benzene rings is 3. The fourth-order valence-electron chi connectivity index (χ4n) is 5.69. The second kappa shape index (κ2) is 10.8. The first-order chi connectivity index (χ1) is 19.4. The second-order valence-corrected chi connectivity index (χ2v) is 11.1. The summed E-state index contributed by atoms with van der Waals surface area (Å²) in [6, 6.07) is 21.2. The van der Waals surface area contributed by atoms with Gasteiger partial charge in [-0.25, -0.2) is 4.98 Å². The van der Waals surface area contributed by atoms with Crippen LogP contribution in [0.15, 0.2) is 71.5 Å². The topological polar surface area (TPSA) is 126 Å². The van der Waals surface area contributed by atoms with E-state index in [4.69, 9.17) is 22.7 Å². The third-order valence-electron chi connectivity index (χ3n) is 8.08. The summed E-state index contributed by atoms with van der Waals surface area (Å²) in [5.41, 5.74) is 8.47. The molecule has 1 aliphatic carbocycles. The zero-order valence-electron chi connectivity index (χ0n) is 22.0. The molecule has 1 saturated carbocycles. The van der Waals surface area contributed by atoms with Crippen LogP contribution in [-0.4, -0.2) is 27.3 Å². The SMILES string of the molecule is N=C(N)c1ccc(CNC(=O)C2CC(Cc3ccc4ccccc4c3)c3c(Cl)nc(NC4CCC4)c(=O)n32)cc1. The summed E-state index contributed by atoms with van der Waals surface area (Å²) >= 11 is 6.76. The Balaban J connectivity index is 1.29. The molecule has 1 amide bonds. The van der Waals surface area contributed by atoms with Crippen molar-refractivity contribution in [1.82, 2.24) is 14.9 Å². The van der Waals surface area contributed by atoms with Gasteiger partial charge in [0.05, 0.1) is 5.69 Å². The Bertz CT molecular complexity index is 1660. The summed E-state index contributed by atoms with van der Waals surface area (Å²) in [6.45, 7) is 0.291. The molecule has 2 unspecified atom stereocenters. The summed E-state index contributed by atoms with van der Waals surface area (Å²) in [6.07, 6.45) is 4.17. The Labute approximate surface area is 237 Å². The lowest BCUT2D eigenvalue weighted by molar-refractivity contribution is -0.124. The maximum atomic E-state index is 13.7. The van der Waals surface area contributed by atoms with Crippen molar-refractivity contribution in [3.63, 3.8) is 0 Å². The molecule has 5 N–H and O–H groups in total. The fourth-order valence-corrected chi connectivity index (χ4v) is 6.02. The van der Waals surface area contributed by atoms with E-state index < -0.39 is 6.04 Å². The maximum Gasteiger partial charge on any atom is 0.294 e. The van der Waals surface area contributed by atoms with Crippen molar-refractivity contribution >= 4 is 39.9 Å². The minimum Gasteiger partial charge on any atom is -0.384 e. The van der Waals surface area contributed by atoms with Gasteiger partial charge in [0.2, 0.25) is 5.91 Å². The number of hydrogen-bond donors (Lipinski definition) is 4. The molecule has 40 heavy (non-hydrogen) atoms. The van der Waals surface area contributed by atoms with Crippen LogP contribution in [0.5, 0.6) is 0 Å². The van der Waals surface area contributed by atoms with E-state index in [0.717, 1.165) is 41.2 Å². The highest BCUT2D eigenvalue weighted by atomic mass is 35.5. The van der Waals surface area contributed by atoms with E-state index in [-0.39, 0.29) is 40.2 Å². The molecule has 2 atom stereocenters. The number of nitrogens with one attached hydrogen (secondary N) is 3. The molecule has 0 radical (unpaired) electrons. The van der Waals surface area contributed by atoms with Gasteiger partial charge in [-0.15, -0.1) is 0 Å². The molecule has 9 heteroatoms. The molecule has 0 bridgehead atoms. The quantitative estimate of drug-likeness (QED) is 0.182. The van der Waals surface area contributed by atoms with Crippen LogP contribution in [-0.2, 0) is 17.8 Å². The van der Waals surface area contributed by atoms with E-state index in [1.54, 1.807) is 16.7 Å². The summed E-state index contributed by atoms with van der Waals surface area (Å²) < 4.78 is 1.57. The van der Waals surface area contributed by atoms with Crippen LogP contribution in [0, 0.1) is 5.41 Å². The van der Waals surface area contributed by atoms with Crippen LogP contribution >= 0.6 is 11.6 Å². The number of nitrogens with zero attached hydrogens (tertiary/aromatic N) is 2. The normalized spacial score (nSPS) is 18.2. The molecule has 6 rings (SSSR count). The first-order valence-electron chi connectivity index (χ1n) is 13.6. The zero-order chi connectivity index (χ0) is 27.8. The number of aromatic nitrogens is 2. The van der Waals surface area contributed by atoms with E-state index in [2.05, 4.69) is 45.9 Å². The smallest absolute Gasteiger partial charge is 0.294 e. The molecule has 204 valence electrons. The molecule has 1 aliphatic heterocycles. The standard InChI is InChI=1S/C31H31ClN6O2/c32-27-26-23(15-19-10-11-20-4-1-2-5-22(20)14-19)16-25(38(26)31(40)29(37-27)36-24-6-3-7-24)30(39)35-17-18-8-12-21(13-9-18)28(33)34/h1-2,4-5,8-14,23-25H,3,6-7,15-17H2,(H3,33,34)(H,35,39)(H,36,37). The minimum atomic E-state index is -0.702. The molecule has 1 fully saturated rings. The predicted octanol–water partition coefficient (Wildman–Crippen LogP) is 4.89. The first kappa shape index (κ1) is 26.1. The number of carbonyl (C=O) groups excluding carboxylic acids is 1. The van der Waals surface area contributed by atoms with Crippen molar-refractivity contribution < 1.29 is 4.79 Å². The number of anilines is 1. The highest BCUT2D eigenvalue weighted by molar-refractivity contribution is 6.30. The number of amidine groups is 1. The molecule has 3 aromatic carbocycles.